The van der Waals surface area contributed by atoms with Crippen molar-refractivity contribution in [2.75, 3.05) is 20.9 Å². The maximum absolute atomic E-state index is 15.8. The smallest absolute Gasteiger partial charge is 0.229 e. The van der Waals surface area contributed by atoms with Gasteiger partial charge in [-0.2, -0.15) is 0 Å². The molecule has 5 heterocycles. The molecule has 4 amide bonds. The molecule has 12 N–H and O–H groups in total. The first-order chi connectivity index (χ1) is 37.3. The van der Waals surface area contributed by atoms with E-state index in [1.807, 2.05) is 66.7 Å². The molecule has 8 bridgehead atoms. The summed E-state index contributed by atoms with van der Waals surface area (Å²) in [6, 6.07) is 38.5. The van der Waals surface area contributed by atoms with Crippen LogP contribution in [0.3, 0.4) is 0 Å². The number of hydrogen-bond donors (Lipinski definition) is 11. The summed E-state index contributed by atoms with van der Waals surface area (Å²) < 4.78 is 0. The SMILES string of the molecule is NC(=O)C1C(C(=O)Nc2ccccc2)C(C(=O)Nc2ccccc2)C(C(=O)Nc2ccccc2)C2C3NC4NC(NC5C6CCCCC6C(NC6NC(NC(N3)C12)C1CCCCC61)N5c1ccccc1)C1CCCCC41. The molecule has 4 saturated carbocycles. The third kappa shape index (κ3) is 9.20. The zero-order chi connectivity index (χ0) is 51.4. The van der Waals surface area contributed by atoms with Gasteiger partial charge in [-0.3, -0.25) is 56.4 Å². The summed E-state index contributed by atoms with van der Waals surface area (Å²) >= 11 is 0. The van der Waals surface area contributed by atoms with Crippen LogP contribution < -0.4 is 63.8 Å². The third-order valence-corrected chi connectivity index (χ3v) is 19.9. The fraction of sp³-hybridized carbons (Fsp3) is 0.533. The van der Waals surface area contributed by atoms with Crippen LogP contribution in [-0.4, -0.2) is 73.0 Å². The van der Waals surface area contributed by atoms with Gasteiger partial charge in [0.1, 0.15) is 0 Å². The van der Waals surface area contributed by atoms with Crippen LogP contribution in [-0.2, 0) is 19.2 Å². The van der Waals surface area contributed by atoms with E-state index in [2.05, 4.69) is 88.4 Å². The van der Waals surface area contributed by atoms with Gasteiger partial charge in [0.2, 0.25) is 23.6 Å². The van der Waals surface area contributed by atoms with Crippen molar-refractivity contribution in [1.82, 2.24) is 37.2 Å². The molecule has 0 aromatic heterocycles. The molecule has 16 heteroatoms. The Hall–Kier alpha value is -5.72. The lowest BCUT2D eigenvalue weighted by Gasteiger charge is -2.49. The number of benzene rings is 4. The Bertz CT molecular complexity index is 2710. The van der Waals surface area contributed by atoms with E-state index in [0.717, 1.165) is 51.4 Å². The molecule has 0 spiro atoms. The number of para-hydroxylation sites is 4. The van der Waals surface area contributed by atoms with Gasteiger partial charge in [0.25, 0.3) is 0 Å². The van der Waals surface area contributed by atoms with E-state index >= 15 is 14.4 Å². The van der Waals surface area contributed by atoms with Gasteiger partial charge >= 0.3 is 0 Å². The molecule has 4 aromatic rings. The second kappa shape index (κ2) is 21.3. The molecular weight excluding hydrogens is 953 g/mol. The number of nitrogens with one attached hydrogen (secondary N) is 10. The summed E-state index contributed by atoms with van der Waals surface area (Å²) in [5.74, 6) is -6.48. The number of carbonyl (C=O) groups excluding carboxylic acids is 4. The number of nitrogens with zero attached hydrogens (tertiary/aromatic N) is 1. The molecule has 13 rings (SSSR count). The molecule has 9 fully saturated rings. The van der Waals surface area contributed by atoms with E-state index in [4.69, 9.17) is 5.73 Å². The second-order valence-electron chi connectivity index (χ2n) is 23.7. The zero-order valence-corrected chi connectivity index (χ0v) is 43.2. The minimum absolute atomic E-state index is 0.00534. The quantitative estimate of drug-likeness (QED) is 0.101. The molecule has 4 aromatic carbocycles. The van der Waals surface area contributed by atoms with Crippen molar-refractivity contribution in [1.29, 1.82) is 0 Å². The number of carbonyl (C=O) groups is 4. The monoisotopic (exact) mass is 1030 g/mol. The van der Waals surface area contributed by atoms with E-state index in [9.17, 15) is 4.79 Å². The van der Waals surface area contributed by atoms with Crippen molar-refractivity contribution in [3.63, 3.8) is 0 Å². The molecule has 4 aliphatic carbocycles. The Labute approximate surface area is 446 Å². The van der Waals surface area contributed by atoms with Crippen LogP contribution in [0.15, 0.2) is 121 Å². The number of anilines is 4. The number of amides is 4. The van der Waals surface area contributed by atoms with E-state index in [1.165, 1.54) is 31.4 Å². The van der Waals surface area contributed by atoms with E-state index < -0.39 is 71.5 Å². The number of hydrogen-bond acceptors (Lipinski definition) is 12. The van der Waals surface area contributed by atoms with Crippen molar-refractivity contribution < 1.29 is 19.2 Å². The first-order valence-electron chi connectivity index (χ1n) is 28.8. The van der Waals surface area contributed by atoms with Gasteiger partial charge in [-0.05, 0) is 123 Å². The standard InChI is InChI=1S/C60H76N12O4/c61-49(73)43-44-45(47(59(75)63-34-21-7-2-8-22-34)48(60(76)64-35-23-9-3-10-24-35)46(43)58(74)62-33-19-5-1-6-20-33)55-68-51-38-28-14-16-30-40(38)53(66-51)71-57-42-32-18-17-31-41(42)56(72(57)36-25-11-4-12-26-36)70-52-39-29-15-13-27-37(39)50(65-52)67-54(44)69-55/h1-12,19-26,37-48,50-57,65-71H,13-18,27-32H2,(H2,61,73)(H,62,74)(H,63,75)(H,64,76). The van der Waals surface area contributed by atoms with Gasteiger partial charge in [0.05, 0.1) is 73.0 Å². The fourth-order valence-electron chi connectivity index (χ4n) is 16.8. The Balaban J connectivity index is 0.960. The number of primary amides is 1. The fourth-order valence-corrected chi connectivity index (χ4v) is 16.8. The summed E-state index contributed by atoms with van der Waals surface area (Å²) in [5.41, 5.74) is 9.57. The van der Waals surface area contributed by atoms with Crippen molar-refractivity contribution in [3.05, 3.63) is 121 Å². The summed E-state index contributed by atoms with van der Waals surface area (Å²) in [6.45, 7) is 0. The predicted molar refractivity (Wildman–Crippen MR) is 293 cm³/mol. The molecule has 0 radical (unpaired) electrons. The van der Waals surface area contributed by atoms with Gasteiger partial charge in [0.15, 0.2) is 0 Å². The van der Waals surface area contributed by atoms with Gasteiger partial charge < -0.3 is 26.6 Å². The maximum Gasteiger partial charge on any atom is 0.229 e. The van der Waals surface area contributed by atoms with Crippen molar-refractivity contribution in [3.8, 4) is 0 Å². The van der Waals surface area contributed by atoms with Crippen LogP contribution in [0.5, 0.6) is 0 Å². The average Bonchev–Trinajstić information content (AvgIpc) is 4.33. The van der Waals surface area contributed by atoms with E-state index in [1.54, 1.807) is 24.3 Å². The highest BCUT2D eigenvalue weighted by atomic mass is 16.2. The maximum atomic E-state index is 15.8. The topological polar surface area (TPSA) is 218 Å². The molecular formula is C60H76N12O4. The van der Waals surface area contributed by atoms with Crippen LogP contribution in [0.2, 0.25) is 0 Å². The highest BCUT2D eigenvalue weighted by molar-refractivity contribution is 6.06. The van der Waals surface area contributed by atoms with E-state index in [0.29, 0.717) is 40.7 Å². The molecule has 20 unspecified atom stereocenters. The summed E-state index contributed by atoms with van der Waals surface area (Å²) in [4.78, 5) is 64.4. The highest BCUT2D eigenvalue weighted by Gasteiger charge is 2.67. The minimum atomic E-state index is -1.34. The number of rotatable bonds is 8. The summed E-state index contributed by atoms with van der Waals surface area (Å²) in [6.07, 6.45) is 12.1. The van der Waals surface area contributed by atoms with Crippen LogP contribution in [0, 0.1) is 71.0 Å². The Morgan fingerprint density at radius 1 is 0.368 bits per heavy atom. The van der Waals surface area contributed by atoms with Crippen LogP contribution in [0.1, 0.15) is 77.0 Å². The Morgan fingerprint density at radius 2 is 0.671 bits per heavy atom. The Morgan fingerprint density at radius 3 is 1.07 bits per heavy atom. The molecule has 16 nitrogen and oxygen atoms in total. The van der Waals surface area contributed by atoms with Crippen molar-refractivity contribution in [2.24, 2.45) is 76.7 Å². The summed E-state index contributed by atoms with van der Waals surface area (Å²) in [5, 5.41) is 38.8. The normalized spacial score (nSPS) is 39.3. The van der Waals surface area contributed by atoms with Gasteiger partial charge in [-0.25, -0.2) is 0 Å². The van der Waals surface area contributed by atoms with Crippen molar-refractivity contribution >= 4 is 46.4 Å². The molecule has 5 saturated heterocycles. The van der Waals surface area contributed by atoms with Gasteiger partial charge in [-0.1, -0.05) is 111 Å². The first kappa shape index (κ1) is 49.8. The second-order valence-corrected chi connectivity index (χ2v) is 23.7. The highest BCUT2D eigenvalue weighted by Crippen LogP contribution is 2.54. The lowest BCUT2D eigenvalue weighted by molar-refractivity contribution is -0.153. The average molecular weight is 1030 g/mol. The van der Waals surface area contributed by atoms with Crippen LogP contribution >= 0.6 is 0 Å². The lowest BCUT2D eigenvalue weighted by atomic mass is 9.55. The predicted octanol–water partition coefficient (Wildman–Crippen LogP) is 5.83. The van der Waals surface area contributed by atoms with Gasteiger partial charge in [0, 0.05) is 34.6 Å². The Kier molecular flexibility index (Phi) is 13.9. The lowest BCUT2D eigenvalue weighted by Crippen LogP contribution is -2.64. The number of nitrogens with two attached hydrogens (primary N) is 1. The molecule has 400 valence electrons. The third-order valence-electron chi connectivity index (χ3n) is 19.9. The minimum Gasteiger partial charge on any atom is -0.369 e. The largest absolute Gasteiger partial charge is 0.369 e. The van der Waals surface area contributed by atoms with Crippen LogP contribution in [0.25, 0.3) is 0 Å². The molecule has 5 aliphatic heterocycles. The zero-order valence-electron chi connectivity index (χ0n) is 43.2. The van der Waals surface area contributed by atoms with E-state index in [-0.39, 0.29) is 48.8 Å². The number of fused-ring (bicyclic) bond motifs is 20. The van der Waals surface area contributed by atoms with Gasteiger partial charge in [-0.15, -0.1) is 0 Å². The van der Waals surface area contributed by atoms with Crippen molar-refractivity contribution in [2.45, 2.75) is 126 Å². The molecule has 20 atom stereocenters. The molecule has 76 heavy (non-hydrogen) atoms. The first-order valence-corrected chi connectivity index (χ1v) is 28.8. The summed E-state index contributed by atoms with van der Waals surface area (Å²) in [7, 11) is 0. The van der Waals surface area contributed by atoms with Crippen LogP contribution in [0.4, 0.5) is 22.7 Å². The molecule has 9 aliphatic rings.